The third kappa shape index (κ3) is 2.37. The third-order valence-corrected chi connectivity index (χ3v) is 2.72. The zero-order valence-corrected chi connectivity index (χ0v) is 8.74. The van der Waals surface area contributed by atoms with Crippen molar-refractivity contribution in [2.75, 3.05) is 18.0 Å². The number of anilines is 1. The SMILES string of the molecule is CCN(CC)c1nc(C(F)(F)F)cs1. The highest BCUT2D eigenvalue weighted by molar-refractivity contribution is 7.13. The Morgan fingerprint density at radius 3 is 2.29 bits per heavy atom. The second-order valence-corrected chi connectivity index (χ2v) is 3.52. The summed E-state index contributed by atoms with van der Waals surface area (Å²) in [7, 11) is 0. The summed E-state index contributed by atoms with van der Waals surface area (Å²) >= 11 is 1.03. The van der Waals surface area contributed by atoms with Crippen molar-refractivity contribution in [3.63, 3.8) is 0 Å². The van der Waals surface area contributed by atoms with Crippen LogP contribution in [0.25, 0.3) is 0 Å². The maximum absolute atomic E-state index is 12.2. The van der Waals surface area contributed by atoms with Crippen LogP contribution in [-0.2, 0) is 6.18 Å². The highest BCUT2D eigenvalue weighted by atomic mass is 32.1. The molecule has 0 atom stereocenters. The van der Waals surface area contributed by atoms with E-state index in [1.165, 1.54) is 0 Å². The van der Waals surface area contributed by atoms with Crippen LogP contribution < -0.4 is 4.90 Å². The molecule has 0 unspecified atom stereocenters. The summed E-state index contributed by atoms with van der Waals surface area (Å²) in [6.45, 7) is 5.11. The lowest BCUT2D eigenvalue weighted by Gasteiger charge is -2.16. The van der Waals surface area contributed by atoms with Crippen molar-refractivity contribution < 1.29 is 13.2 Å². The van der Waals surface area contributed by atoms with Crippen LogP contribution in [0.5, 0.6) is 0 Å². The minimum Gasteiger partial charge on any atom is -0.349 e. The van der Waals surface area contributed by atoms with Crippen LogP contribution in [0.4, 0.5) is 18.3 Å². The molecule has 0 aliphatic heterocycles. The fourth-order valence-corrected chi connectivity index (χ4v) is 2.00. The molecule has 1 heterocycles. The van der Waals surface area contributed by atoms with E-state index in [1.54, 1.807) is 4.90 Å². The van der Waals surface area contributed by atoms with E-state index in [9.17, 15) is 13.2 Å². The van der Waals surface area contributed by atoms with E-state index < -0.39 is 11.9 Å². The topological polar surface area (TPSA) is 16.1 Å². The molecule has 1 aromatic heterocycles. The van der Waals surface area contributed by atoms with Crippen molar-refractivity contribution in [3.8, 4) is 0 Å². The number of thiazole rings is 1. The lowest BCUT2D eigenvalue weighted by atomic mass is 10.5. The summed E-state index contributed by atoms with van der Waals surface area (Å²) < 4.78 is 36.6. The minimum atomic E-state index is -4.33. The summed E-state index contributed by atoms with van der Waals surface area (Å²) in [6, 6.07) is 0. The van der Waals surface area contributed by atoms with E-state index in [2.05, 4.69) is 4.98 Å². The van der Waals surface area contributed by atoms with E-state index >= 15 is 0 Å². The summed E-state index contributed by atoms with van der Waals surface area (Å²) in [5.74, 6) is 0. The van der Waals surface area contributed by atoms with Gasteiger partial charge in [-0.3, -0.25) is 0 Å². The Labute approximate surface area is 84.4 Å². The molecule has 0 bridgehead atoms. The van der Waals surface area contributed by atoms with E-state index in [0.29, 0.717) is 18.2 Å². The van der Waals surface area contributed by atoms with Crippen LogP contribution in [0.2, 0.25) is 0 Å². The van der Waals surface area contributed by atoms with Crippen LogP contribution in [0.3, 0.4) is 0 Å². The van der Waals surface area contributed by atoms with Gasteiger partial charge < -0.3 is 4.90 Å². The summed E-state index contributed by atoms with van der Waals surface area (Å²) in [6.07, 6.45) is -4.33. The van der Waals surface area contributed by atoms with E-state index in [1.807, 2.05) is 13.8 Å². The number of hydrogen-bond donors (Lipinski definition) is 0. The average molecular weight is 224 g/mol. The van der Waals surface area contributed by atoms with Crippen molar-refractivity contribution in [3.05, 3.63) is 11.1 Å². The van der Waals surface area contributed by atoms with E-state index in [4.69, 9.17) is 0 Å². The summed E-state index contributed by atoms with van der Waals surface area (Å²) in [5.41, 5.74) is -0.801. The molecule has 0 fully saturated rings. The maximum atomic E-state index is 12.2. The number of rotatable bonds is 3. The summed E-state index contributed by atoms with van der Waals surface area (Å²) in [5, 5.41) is 1.48. The molecule has 80 valence electrons. The van der Waals surface area contributed by atoms with Gasteiger partial charge >= 0.3 is 6.18 Å². The Balaban J connectivity index is 2.87. The molecule has 6 heteroatoms. The Morgan fingerprint density at radius 2 is 1.93 bits per heavy atom. The monoisotopic (exact) mass is 224 g/mol. The van der Waals surface area contributed by atoms with Crippen LogP contribution in [0, 0.1) is 0 Å². The predicted molar refractivity (Wildman–Crippen MR) is 50.7 cm³/mol. The number of halogens is 3. The molecule has 0 N–H and O–H groups in total. The van der Waals surface area contributed by atoms with Crippen molar-refractivity contribution >= 4 is 16.5 Å². The van der Waals surface area contributed by atoms with Gasteiger partial charge in [-0.15, -0.1) is 11.3 Å². The van der Waals surface area contributed by atoms with Gasteiger partial charge in [-0.25, -0.2) is 4.98 Å². The molecule has 14 heavy (non-hydrogen) atoms. The van der Waals surface area contributed by atoms with Crippen LogP contribution in [0.15, 0.2) is 5.38 Å². The van der Waals surface area contributed by atoms with Gasteiger partial charge in [0.05, 0.1) is 0 Å². The molecule has 0 saturated carbocycles. The number of nitrogens with zero attached hydrogens (tertiary/aromatic N) is 2. The molecule has 2 nitrogen and oxygen atoms in total. The fraction of sp³-hybridized carbons (Fsp3) is 0.625. The molecular formula is C8H11F3N2S. The van der Waals surface area contributed by atoms with E-state index in [0.717, 1.165) is 16.7 Å². The molecule has 0 amide bonds. The van der Waals surface area contributed by atoms with Gasteiger partial charge in [-0.1, -0.05) is 0 Å². The number of hydrogen-bond acceptors (Lipinski definition) is 3. The lowest BCUT2D eigenvalue weighted by molar-refractivity contribution is -0.140. The quantitative estimate of drug-likeness (QED) is 0.784. The fourth-order valence-electron chi connectivity index (χ4n) is 1.03. The van der Waals surface area contributed by atoms with Crippen molar-refractivity contribution in [2.24, 2.45) is 0 Å². The average Bonchev–Trinajstić information content (AvgIpc) is 2.54. The Bertz CT molecular complexity index is 291. The number of alkyl halides is 3. The van der Waals surface area contributed by atoms with Gasteiger partial charge in [0.15, 0.2) is 10.8 Å². The largest absolute Gasteiger partial charge is 0.434 e. The van der Waals surface area contributed by atoms with Gasteiger partial charge in [0.2, 0.25) is 0 Å². The van der Waals surface area contributed by atoms with Crippen LogP contribution >= 0.6 is 11.3 Å². The van der Waals surface area contributed by atoms with Crippen molar-refractivity contribution in [2.45, 2.75) is 20.0 Å². The lowest BCUT2D eigenvalue weighted by Crippen LogP contribution is -2.21. The normalized spacial score (nSPS) is 11.8. The summed E-state index contributed by atoms with van der Waals surface area (Å²) in [4.78, 5) is 5.33. The standard InChI is InChI=1S/C8H11F3N2S/c1-3-13(4-2)7-12-6(5-14-7)8(9,10)11/h5H,3-4H2,1-2H3. The smallest absolute Gasteiger partial charge is 0.349 e. The molecule has 1 rings (SSSR count). The van der Waals surface area contributed by atoms with Crippen molar-refractivity contribution in [1.82, 2.24) is 4.98 Å². The third-order valence-electron chi connectivity index (χ3n) is 1.82. The first-order chi connectivity index (χ1) is 6.49. The van der Waals surface area contributed by atoms with E-state index in [-0.39, 0.29) is 0 Å². The Morgan fingerprint density at radius 1 is 1.36 bits per heavy atom. The predicted octanol–water partition coefficient (Wildman–Crippen LogP) is 3.01. The molecule has 0 aliphatic carbocycles. The molecule has 0 saturated heterocycles. The molecule has 0 aromatic carbocycles. The molecule has 0 aliphatic rings. The van der Waals surface area contributed by atoms with Gasteiger partial charge in [-0.2, -0.15) is 13.2 Å². The zero-order chi connectivity index (χ0) is 10.8. The Kier molecular flexibility index (Phi) is 3.36. The Hall–Kier alpha value is -0.780. The van der Waals surface area contributed by atoms with Gasteiger partial charge in [0.1, 0.15) is 0 Å². The second-order valence-electron chi connectivity index (χ2n) is 2.69. The molecule has 1 aromatic rings. The zero-order valence-electron chi connectivity index (χ0n) is 7.93. The number of aromatic nitrogens is 1. The van der Waals surface area contributed by atoms with Gasteiger partial charge in [0.25, 0.3) is 0 Å². The maximum Gasteiger partial charge on any atom is 0.434 e. The molecular weight excluding hydrogens is 213 g/mol. The minimum absolute atomic E-state index is 0.433. The van der Waals surface area contributed by atoms with Gasteiger partial charge in [-0.05, 0) is 13.8 Å². The van der Waals surface area contributed by atoms with Crippen LogP contribution in [0.1, 0.15) is 19.5 Å². The second kappa shape index (κ2) is 4.16. The van der Waals surface area contributed by atoms with Crippen molar-refractivity contribution in [1.29, 1.82) is 0 Å². The first-order valence-electron chi connectivity index (χ1n) is 4.26. The highest BCUT2D eigenvalue weighted by Gasteiger charge is 2.34. The molecule has 0 radical (unpaired) electrons. The van der Waals surface area contributed by atoms with Gasteiger partial charge in [0, 0.05) is 18.5 Å². The highest BCUT2D eigenvalue weighted by Crippen LogP contribution is 2.32. The first-order valence-corrected chi connectivity index (χ1v) is 5.14. The molecule has 0 spiro atoms. The first kappa shape index (κ1) is 11.3. The van der Waals surface area contributed by atoms with Crippen LogP contribution in [-0.4, -0.2) is 18.1 Å².